The van der Waals surface area contributed by atoms with Gasteiger partial charge in [-0.1, -0.05) is 36.4 Å². The average Bonchev–Trinajstić information content (AvgIpc) is 3.07. The van der Waals surface area contributed by atoms with Crippen molar-refractivity contribution in [1.82, 2.24) is 5.32 Å². The van der Waals surface area contributed by atoms with Gasteiger partial charge in [0.2, 0.25) is 5.91 Å². The molecule has 1 atom stereocenters. The smallest absolute Gasteiger partial charge is 0.251 e. The van der Waals surface area contributed by atoms with Crippen molar-refractivity contribution in [1.29, 1.82) is 0 Å². The van der Waals surface area contributed by atoms with Gasteiger partial charge in [0, 0.05) is 30.3 Å². The van der Waals surface area contributed by atoms with Gasteiger partial charge in [0.1, 0.15) is 0 Å². The van der Waals surface area contributed by atoms with Gasteiger partial charge in [0.15, 0.2) is 0 Å². The van der Waals surface area contributed by atoms with Crippen molar-refractivity contribution >= 4 is 17.5 Å². The third-order valence-corrected chi connectivity index (χ3v) is 4.58. The van der Waals surface area contributed by atoms with Gasteiger partial charge in [-0.15, -0.1) is 0 Å². The van der Waals surface area contributed by atoms with Crippen molar-refractivity contribution in [2.24, 2.45) is 0 Å². The average molecular weight is 336 g/mol. The molecule has 1 fully saturated rings. The molecule has 3 rings (SSSR count). The van der Waals surface area contributed by atoms with Crippen LogP contribution in [0.3, 0.4) is 0 Å². The van der Waals surface area contributed by atoms with Gasteiger partial charge in [-0.2, -0.15) is 0 Å². The van der Waals surface area contributed by atoms with Crippen LogP contribution in [0.4, 0.5) is 5.69 Å². The van der Waals surface area contributed by atoms with E-state index < -0.39 is 0 Å². The molecule has 1 aliphatic rings. The minimum Gasteiger partial charge on any atom is -0.350 e. The van der Waals surface area contributed by atoms with Crippen molar-refractivity contribution < 1.29 is 9.59 Å². The highest BCUT2D eigenvalue weighted by Crippen LogP contribution is 2.22. The summed E-state index contributed by atoms with van der Waals surface area (Å²) in [5.74, 6) is 0.0443. The van der Waals surface area contributed by atoms with Gasteiger partial charge in [-0.05, 0) is 49.9 Å². The lowest BCUT2D eigenvalue weighted by Crippen LogP contribution is -2.33. The fourth-order valence-electron chi connectivity index (χ4n) is 3.14. The van der Waals surface area contributed by atoms with Crippen LogP contribution >= 0.6 is 0 Å². The lowest BCUT2D eigenvalue weighted by atomic mass is 10.1. The summed E-state index contributed by atoms with van der Waals surface area (Å²) in [6.07, 6.45) is 3.30. The summed E-state index contributed by atoms with van der Waals surface area (Å²) in [4.78, 5) is 26.1. The van der Waals surface area contributed by atoms with Crippen molar-refractivity contribution in [3.05, 3.63) is 65.7 Å². The summed E-state index contributed by atoms with van der Waals surface area (Å²) in [7, 11) is 0. The fraction of sp³-hybridized carbons (Fsp3) is 0.333. The van der Waals surface area contributed by atoms with Crippen molar-refractivity contribution in [3.8, 4) is 0 Å². The van der Waals surface area contributed by atoms with E-state index in [1.54, 1.807) is 11.0 Å². The number of hydrogen-bond acceptors (Lipinski definition) is 2. The van der Waals surface area contributed by atoms with Crippen LogP contribution in [0.15, 0.2) is 54.6 Å². The predicted molar refractivity (Wildman–Crippen MR) is 99.7 cm³/mol. The molecule has 4 heteroatoms. The van der Waals surface area contributed by atoms with Crippen LogP contribution in [-0.2, 0) is 11.2 Å². The molecule has 0 unspecified atom stereocenters. The maximum atomic E-state index is 12.5. The highest BCUT2D eigenvalue weighted by Gasteiger charge is 2.22. The SMILES string of the molecule is C[C@@H](CCc1ccccc1)NC(=O)c1cccc(N2CCCC2=O)c1. The first kappa shape index (κ1) is 17.2. The molecule has 0 radical (unpaired) electrons. The zero-order valence-electron chi connectivity index (χ0n) is 14.6. The normalized spacial score (nSPS) is 15.2. The molecule has 0 spiro atoms. The third-order valence-electron chi connectivity index (χ3n) is 4.58. The van der Waals surface area contributed by atoms with Crippen LogP contribution in [-0.4, -0.2) is 24.4 Å². The number of nitrogens with zero attached hydrogens (tertiary/aromatic N) is 1. The molecule has 0 aliphatic carbocycles. The van der Waals surface area contributed by atoms with Crippen LogP contribution < -0.4 is 10.2 Å². The van der Waals surface area contributed by atoms with Gasteiger partial charge >= 0.3 is 0 Å². The molecule has 2 aromatic rings. The monoisotopic (exact) mass is 336 g/mol. The Morgan fingerprint density at radius 2 is 1.96 bits per heavy atom. The Morgan fingerprint density at radius 3 is 2.68 bits per heavy atom. The fourth-order valence-corrected chi connectivity index (χ4v) is 3.14. The predicted octanol–water partition coefficient (Wildman–Crippen LogP) is 3.56. The van der Waals surface area contributed by atoms with E-state index in [1.165, 1.54) is 5.56 Å². The number of carbonyl (C=O) groups is 2. The lowest BCUT2D eigenvalue weighted by Gasteiger charge is -2.18. The van der Waals surface area contributed by atoms with Crippen LogP contribution in [0.2, 0.25) is 0 Å². The van der Waals surface area contributed by atoms with E-state index in [0.717, 1.165) is 31.5 Å². The Labute approximate surface area is 148 Å². The number of amides is 2. The van der Waals surface area contributed by atoms with E-state index in [-0.39, 0.29) is 17.9 Å². The lowest BCUT2D eigenvalue weighted by molar-refractivity contribution is -0.117. The minimum absolute atomic E-state index is 0.0878. The molecule has 4 nitrogen and oxygen atoms in total. The summed E-state index contributed by atoms with van der Waals surface area (Å²) in [5.41, 5.74) is 2.69. The number of nitrogens with one attached hydrogen (secondary N) is 1. The summed E-state index contributed by atoms with van der Waals surface area (Å²) in [6.45, 7) is 2.76. The van der Waals surface area contributed by atoms with Gasteiger partial charge < -0.3 is 10.2 Å². The molecule has 1 N–H and O–H groups in total. The van der Waals surface area contributed by atoms with E-state index in [0.29, 0.717) is 12.0 Å². The van der Waals surface area contributed by atoms with Crippen molar-refractivity contribution in [2.75, 3.05) is 11.4 Å². The quantitative estimate of drug-likeness (QED) is 0.877. The number of benzene rings is 2. The molecule has 130 valence electrons. The van der Waals surface area contributed by atoms with Gasteiger partial charge in [0.25, 0.3) is 5.91 Å². The van der Waals surface area contributed by atoms with E-state index in [9.17, 15) is 9.59 Å². The van der Waals surface area contributed by atoms with Crippen molar-refractivity contribution in [2.45, 2.75) is 38.6 Å². The molecule has 2 amide bonds. The van der Waals surface area contributed by atoms with Crippen LogP contribution in [0, 0.1) is 0 Å². The molecular weight excluding hydrogens is 312 g/mol. The van der Waals surface area contributed by atoms with E-state index in [4.69, 9.17) is 0 Å². The topological polar surface area (TPSA) is 49.4 Å². The number of anilines is 1. The minimum atomic E-state index is -0.0888. The Bertz CT molecular complexity index is 743. The first-order valence-corrected chi connectivity index (χ1v) is 8.89. The van der Waals surface area contributed by atoms with Gasteiger partial charge in [0.05, 0.1) is 0 Å². The molecule has 0 bridgehead atoms. The summed E-state index contributed by atoms with van der Waals surface area (Å²) < 4.78 is 0. The maximum absolute atomic E-state index is 12.5. The Morgan fingerprint density at radius 1 is 1.16 bits per heavy atom. The highest BCUT2D eigenvalue weighted by atomic mass is 16.2. The highest BCUT2D eigenvalue weighted by molar-refractivity contribution is 5.99. The second-order valence-electron chi connectivity index (χ2n) is 6.60. The zero-order chi connectivity index (χ0) is 17.6. The Balaban J connectivity index is 1.58. The summed E-state index contributed by atoms with van der Waals surface area (Å²) >= 11 is 0. The van der Waals surface area contributed by atoms with Crippen LogP contribution in [0.5, 0.6) is 0 Å². The van der Waals surface area contributed by atoms with E-state index in [2.05, 4.69) is 17.4 Å². The van der Waals surface area contributed by atoms with Crippen molar-refractivity contribution in [3.63, 3.8) is 0 Å². The first-order valence-electron chi connectivity index (χ1n) is 8.89. The van der Waals surface area contributed by atoms with Gasteiger partial charge in [-0.3, -0.25) is 9.59 Å². The second kappa shape index (κ2) is 7.97. The second-order valence-corrected chi connectivity index (χ2v) is 6.60. The maximum Gasteiger partial charge on any atom is 0.251 e. The van der Waals surface area contributed by atoms with E-state index >= 15 is 0 Å². The third kappa shape index (κ3) is 4.47. The number of hydrogen-bond donors (Lipinski definition) is 1. The standard InChI is InChI=1S/C21H24N2O2/c1-16(12-13-17-7-3-2-4-8-17)22-21(25)18-9-5-10-19(15-18)23-14-6-11-20(23)24/h2-5,7-10,15-16H,6,11-14H2,1H3,(H,22,25)/t16-/m0/s1. The summed E-state index contributed by atoms with van der Waals surface area (Å²) in [5, 5.41) is 3.05. The summed E-state index contributed by atoms with van der Waals surface area (Å²) in [6, 6.07) is 17.7. The Kier molecular flexibility index (Phi) is 5.49. The van der Waals surface area contributed by atoms with Crippen LogP contribution in [0.1, 0.15) is 42.1 Å². The molecule has 25 heavy (non-hydrogen) atoms. The van der Waals surface area contributed by atoms with Crippen LogP contribution in [0.25, 0.3) is 0 Å². The largest absolute Gasteiger partial charge is 0.350 e. The molecule has 1 saturated heterocycles. The molecule has 0 saturated carbocycles. The number of carbonyl (C=O) groups excluding carboxylic acids is 2. The molecule has 2 aromatic carbocycles. The number of aryl methyl sites for hydroxylation is 1. The first-order chi connectivity index (χ1) is 12.1. The molecule has 0 aromatic heterocycles. The van der Waals surface area contributed by atoms with E-state index in [1.807, 2.05) is 43.3 Å². The van der Waals surface area contributed by atoms with Gasteiger partial charge in [-0.25, -0.2) is 0 Å². The molecule has 1 heterocycles. The molecular formula is C21H24N2O2. The number of rotatable bonds is 6. The molecule has 1 aliphatic heterocycles. The Hall–Kier alpha value is -2.62. The zero-order valence-corrected chi connectivity index (χ0v) is 14.6.